The van der Waals surface area contributed by atoms with E-state index in [9.17, 15) is 5.11 Å². The predicted octanol–water partition coefficient (Wildman–Crippen LogP) is 2.13. The van der Waals surface area contributed by atoms with Gasteiger partial charge in [0.1, 0.15) is 6.10 Å². The lowest BCUT2D eigenvalue weighted by Crippen LogP contribution is -2.43. The SMILES string of the molecule is CO[C@H]1C[C@H](O)[C@@H](CO[Si](C)(C)C(C)(C)C)O1. The minimum atomic E-state index is -1.77. The number of aliphatic hydroxyl groups is 1. The molecule has 102 valence electrons. The molecular weight excluding hydrogens is 236 g/mol. The molecule has 1 fully saturated rings. The van der Waals surface area contributed by atoms with Crippen LogP contribution < -0.4 is 0 Å². The van der Waals surface area contributed by atoms with Crippen LogP contribution in [0.3, 0.4) is 0 Å². The largest absolute Gasteiger partial charge is 0.414 e. The molecule has 4 nitrogen and oxygen atoms in total. The van der Waals surface area contributed by atoms with Crippen molar-refractivity contribution >= 4 is 8.32 Å². The lowest BCUT2D eigenvalue weighted by atomic mass is 10.2. The van der Waals surface area contributed by atoms with E-state index in [1.807, 2.05) is 0 Å². The van der Waals surface area contributed by atoms with Crippen LogP contribution >= 0.6 is 0 Å². The van der Waals surface area contributed by atoms with E-state index in [0.29, 0.717) is 13.0 Å². The second-order valence-corrected chi connectivity index (χ2v) is 11.0. The maximum atomic E-state index is 9.82. The molecule has 0 spiro atoms. The Labute approximate surface area is 105 Å². The van der Waals surface area contributed by atoms with Crippen LogP contribution in [0, 0.1) is 0 Å². The fourth-order valence-electron chi connectivity index (χ4n) is 1.50. The first kappa shape index (κ1) is 15.1. The third kappa shape index (κ3) is 3.76. The molecule has 3 atom stereocenters. The maximum absolute atomic E-state index is 9.82. The molecule has 0 amide bonds. The Hall–Kier alpha value is 0.0569. The molecule has 1 N–H and O–H groups in total. The van der Waals surface area contributed by atoms with Gasteiger partial charge in [-0.2, -0.15) is 0 Å². The van der Waals surface area contributed by atoms with Crippen molar-refractivity contribution in [1.29, 1.82) is 0 Å². The fraction of sp³-hybridized carbons (Fsp3) is 1.00. The first-order valence-corrected chi connectivity index (χ1v) is 9.08. The topological polar surface area (TPSA) is 47.9 Å². The lowest BCUT2D eigenvalue weighted by Gasteiger charge is -2.37. The number of hydrogen-bond donors (Lipinski definition) is 1. The van der Waals surface area contributed by atoms with Crippen LogP contribution in [0.25, 0.3) is 0 Å². The second kappa shape index (κ2) is 5.36. The van der Waals surface area contributed by atoms with Gasteiger partial charge in [-0.3, -0.25) is 0 Å². The smallest absolute Gasteiger partial charge is 0.192 e. The number of aliphatic hydroxyl groups excluding tert-OH is 1. The molecule has 1 rings (SSSR count). The van der Waals surface area contributed by atoms with Gasteiger partial charge in [0, 0.05) is 13.5 Å². The Morgan fingerprint density at radius 2 is 1.94 bits per heavy atom. The minimum absolute atomic E-state index is 0.178. The number of hydrogen-bond acceptors (Lipinski definition) is 4. The molecular formula is C12H26O4Si. The Kier molecular flexibility index (Phi) is 4.77. The van der Waals surface area contributed by atoms with Gasteiger partial charge >= 0.3 is 0 Å². The van der Waals surface area contributed by atoms with Crippen molar-refractivity contribution in [2.24, 2.45) is 0 Å². The molecule has 17 heavy (non-hydrogen) atoms. The molecule has 1 aliphatic heterocycles. The Morgan fingerprint density at radius 1 is 1.35 bits per heavy atom. The van der Waals surface area contributed by atoms with Crippen LogP contribution in [0.1, 0.15) is 27.2 Å². The molecule has 0 aromatic heterocycles. The Balaban J connectivity index is 2.46. The van der Waals surface area contributed by atoms with Crippen LogP contribution in [0.2, 0.25) is 18.1 Å². The van der Waals surface area contributed by atoms with Gasteiger partial charge in [-0.05, 0) is 18.1 Å². The molecule has 0 radical (unpaired) electrons. The molecule has 1 saturated heterocycles. The molecule has 5 heteroatoms. The van der Waals surface area contributed by atoms with Crippen molar-refractivity contribution < 1.29 is 19.0 Å². The van der Waals surface area contributed by atoms with Crippen molar-refractivity contribution in [3.63, 3.8) is 0 Å². The average molecular weight is 262 g/mol. The molecule has 0 unspecified atom stereocenters. The lowest BCUT2D eigenvalue weighted by molar-refractivity contribution is -0.125. The summed E-state index contributed by atoms with van der Waals surface area (Å²) in [7, 11) is -0.174. The van der Waals surface area contributed by atoms with Crippen LogP contribution in [0.5, 0.6) is 0 Å². The normalized spacial score (nSPS) is 30.9. The third-order valence-electron chi connectivity index (χ3n) is 3.87. The van der Waals surface area contributed by atoms with Crippen molar-refractivity contribution in [1.82, 2.24) is 0 Å². The van der Waals surface area contributed by atoms with E-state index in [1.165, 1.54) is 0 Å². The van der Waals surface area contributed by atoms with Crippen LogP contribution in [0.15, 0.2) is 0 Å². The summed E-state index contributed by atoms with van der Waals surface area (Å²) >= 11 is 0. The zero-order chi connectivity index (χ0) is 13.3. The summed E-state index contributed by atoms with van der Waals surface area (Å²) in [5.41, 5.74) is 0. The van der Waals surface area contributed by atoms with E-state index >= 15 is 0 Å². The van der Waals surface area contributed by atoms with Gasteiger partial charge in [-0.15, -0.1) is 0 Å². The highest BCUT2D eigenvalue weighted by molar-refractivity contribution is 6.74. The summed E-state index contributed by atoms with van der Waals surface area (Å²) in [6, 6.07) is 0. The predicted molar refractivity (Wildman–Crippen MR) is 69.4 cm³/mol. The molecule has 1 aliphatic rings. The second-order valence-electron chi connectivity index (χ2n) is 6.21. The van der Waals surface area contributed by atoms with Crippen LogP contribution in [-0.2, 0) is 13.9 Å². The Bertz CT molecular complexity index is 249. The summed E-state index contributed by atoms with van der Waals surface area (Å²) in [4.78, 5) is 0. The van der Waals surface area contributed by atoms with Gasteiger partial charge < -0.3 is 19.0 Å². The molecule has 0 aromatic rings. The minimum Gasteiger partial charge on any atom is -0.414 e. The van der Waals surface area contributed by atoms with Gasteiger partial charge in [0.2, 0.25) is 0 Å². The fourth-order valence-corrected chi connectivity index (χ4v) is 2.51. The summed E-state index contributed by atoms with van der Waals surface area (Å²) < 4.78 is 16.7. The van der Waals surface area contributed by atoms with Gasteiger partial charge in [0.25, 0.3) is 0 Å². The van der Waals surface area contributed by atoms with Crippen molar-refractivity contribution in [3.8, 4) is 0 Å². The molecule has 0 saturated carbocycles. The molecule has 0 bridgehead atoms. The van der Waals surface area contributed by atoms with E-state index in [-0.39, 0.29) is 17.4 Å². The van der Waals surface area contributed by atoms with Gasteiger partial charge in [0.15, 0.2) is 14.6 Å². The zero-order valence-corrected chi connectivity index (χ0v) is 12.8. The molecule has 0 aromatic carbocycles. The number of methoxy groups -OCH3 is 1. The highest BCUT2D eigenvalue weighted by Gasteiger charge is 2.40. The van der Waals surface area contributed by atoms with E-state index in [0.717, 1.165) is 0 Å². The van der Waals surface area contributed by atoms with E-state index in [4.69, 9.17) is 13.9 Å². The monoisotopic (exact) mass is 262 g/mol. The van der Waals surface area contributed by atoms with Crippen molar-refractivity contribution in [2.45, 2.75) is 63.8 Å². The maximum Gasteiger partial charge on any atom is 0.192 e. The highest BCUT2D eigenvalue weighted by Crippen LogP contribution is 2.37. The van der Waals surface area contributed by atoms with Gasteiger partial charge in [-0.25, -0.2) is 0 Å². The van der Waals surface area contributed by atoms with Gasteiger partial charge in [0.05, 0.1) is 12.7 Å². The third-order valence-corrected chi connectivity index (χ3v) is 8.37. The Morgan fingerprint density at radius 3 is 2.35 bits per heavy atom. The van der Waals surface area contributed by atoms with Gasteiger partial charge in [-0.1, -0.05) is 20.8 Å². The summed E-state index contributed by atoms with van der Waals surface area (Å²) in [6.45, 7) is 11.4. The van der Waals surface area contributed by atoms with Crippen LogP contribution in [0.4, 0.5) is 0 Å². The standard InChI is InChI=1S/C12H26O4Si/c1-12(2,3)17(5,6)15-8-10-9(13)7-11(14-4)16-10/h9-11,13H,7-8H2,1-6H3/t9-,10+,11+/m0/s1. The number of rotatable bonds is 4. The molecule has 1 heterocycles. The van der Waals surface area contributed by atoms with E-state index < -0.39 is 14.4 Å². The van der Waals surface area contributed by atoms with Crippen molar-refractivity contribution in [2.75, 3.05) is 13.7 Å². The first-order valence-electron chi connectivity index (χ1n) is 6.17. The highest BCUT2D eigenvalue weighted by atomic mass is 28.4. The number of ether oxygens (including phenoxy) is 2. The average Bonchev–Trinajstić information content (AvgIpc) is 2.55. The van der Waals surface area contributed by atoms with E-state index in [2.05, 4.69) is 33.9 Å². The molecule has 0 aliphatic carbocycles. The quantitative estimate of drug-likeness (QED) is 0.789. The summed E-state index contributed by atoms with van der Waals surface area (Å²) in [5, 5.41) is 10.00. The van der Waals surface area contributed by atoms with E-state index in [1.54, 1.807) is 7.11 Å². The summed E-state index contributed by atoms with van der Waals surface area (Å²) in [6.07, 6.45) is -0.501. The van der Waals surface area contributed by atoms with Crippen molar-refractivity contribution in [3.05, 3.63) is 0 Å². The first-order chi connectivity index (χ1) is 7.67. The zero-order valence-electron chi connectivity index (χ0n) is 11.8. The van der Waals surface area contributed by atoms with Crippen LogP contribution in [-0.4, -0.2) is 45.6 Å². The summed E-state index contributed by atoms with van der Waals surface area (Å²) in [5.74, 6) is 0.